The molecule has 2 amide bonds. The van der Waals surface area contributed by atoms with Gasteiger partial charge in [-0.1, -0.05) is 48.0 Å². The number of carbonyl (C=O) groups is 2. The number of nitrogens with one attached hydrogen (secondary N) is 1. The minimum Gasteiger partial charge on any atom is -0.365 e. The number of ether oxygens (including phenoxy) is 1. The molecule has 2 aromatic carbocycles. The minimum absolute atomic E-state index is 0.00291. The van der Waals surface area contributed by atoms with E-state index in [1.165, 1.54) is 0 Å². The number of nitrogens with zero attached hydrogens (tertiary/aromatic N) is 1. The number of carbonyl (C=O) groups excluding carboxylic acids is 2. The molecular weight excluding hydrogens is 352 g/mol. The molecule has 5 nitrogen and oxygen atoms in total. The normalized spacial score (nSPS) is 17.2. The van der Waals surface area contributed by atoms with Gasteiger partial charge >= 0.3 is 0 Å². The molecule has 6 heteroatoms. The van der Waals surface area contributed by atoms with E-state index in [0.29, 0.717) is 31.0 Å². The maximum absolute atomic E-state index is 12.1. The molecule has 1 saturated heterocycles. The first-order valence-corrected chi connectivity index (χ1v) is 8.98. The standard InChI is InChI=1S/C20H21ClN2O3/c21-16-7-4-8-17(11-16)23-13-18(26-14-20(23)25)12-22-19(24)10-9-15-5-2-1-3-6-15/h1-8,11,18H,9-10,12-14H2,(H,22,24). The first-order chi connectivity index (χ1) is 12.6. The van der Waals surface area contributed by atoms with Crippen molar-refractivity contribution in [3.05, 3.63) is 65.2 Å². The lowest BCUT2D eigenvalue weighted by Crippen LogP contribution is -2.50. The predicted octanol–water partition coefficient (Wildman–Crippen LogP) is 2.82. The fourth-order valence-corrected chi connectivity index (χ4v) is 3.05. The van der Waals surface area contributed by atoms with Crippen molar-refractivity contribution in [3.8, 4) is 0 Å². The van der Waals surface area contributed by atoms with Crippen LogP contribution in [0, 0.1) is 0 Å². The van der Waals surface area contributed by atoms with Gasteiger partial charge in [0.1, 0.15) is 6.61 Å². The van der Waals surface area contributed by atoms with Crippen LogP contribution in [0.5, 0.6) is 0 Å². The summed E-state index contributed by atoms with van der Waals surface area (Å²) in [5.74, 6) is -0.137. The monoisotopic (exact) mass is 372 g/mol. The van der Waals surface area contributed by atoms with Crippen LogP contribution in [-0.2, 0) is 20.7 Å². The van der Waals surface area contributed by atoms with Crippen molar-refractivity contribution in [2.75, 3.05) is 24.6 Å². The van der Waals surface area contributed by atoms with E-state index in [1.807, 2.05) is 36.4 Å². The van der Waals surface area contributed by atoms with E-state index >= 15 is 0 Å². The summed E-state index contributed by atoms with van der Waals surface area (Å²) in [4.78, 5) is 25.8. The third-order valence-corrected chi connectivity index (χ3v) is 4.50. The first-order valence-electron chi connectivity index (χ1n) is 8.60. The number of halogens is 1. The van der Waals surface area contributed by atoms with E-state index in [-0.39, 0.29) is 24.5 Å². The number of rotatable bonds is 6. The molecule has 1 fully saturated rings. The second-order valence-electron chi connectivity index (χ2n) is 6.21. The maximum Gasteiger partial charge on any atom is 0.253 e. The molecule has 26 heavy (non-hydrogen) atoms. The number of amides is 2. The Morgan fingerprint density at radius 1 is 1.19 bits per heavy atom. The van der Waals surface area contributed by atoms with Crippen LogP contribution in [0.3, 0.4) is 0 Å². The second kappa shape index (κ2) is 8.83. The van der Waals surface area contributed by atoms with Gasteiger partial charge in [0.05, 0.1) is 12.6 Å². The average Bonchev–Trinajstić information content (AvgIpc) is 2.66. The highest BCUT2D eigenvalue weighted by Gasteiger charge is 2.27. The fourth-order valence-electron chi connectivity index (χ4n) is 2.86. The Labute approximate surface area is 157 Å². The summed E-state index contributed by atoms with van der Waals surface area (Å²) in [6.07, 6.45) is 0.881. The van der Waals surface area contributed by atoms with Crippen LogP contribution < -0.4 is 10.2 Å². The highest BCUT2D eigenvalue weighted by molar-refractivity contribution is 6.30. The molecule has 0 aromatic heterocycles. The molecule has 1 heterocycles. The number of benzene rings is 2. The van der Waals surface area contributed by atoms with Crippen molar-refractivity contribution in [2.45, 2.75) is 18.9 Å². The quantitative estimate of drug-likeness (QED) is 0.848. The van der Waals surface area contributed by atoms with E-state index in [1.54, 1.807) is 23.1 Å². The van der Waals surface area contributed by atoms with Crippen LogP contribution in [0.4, 0.5) is 5.69 Å². The van der Waals surface area contributed by atoms with Crippen molar-refractivity contribution in [3.63, 3.8) is 0 Å². The summed E-state index contributed by atoms with van der Waals surface area (Å²) in [5.41, 5.74) is 1.88. The van der Waals surface area contributed by atoms with Crippen molar-refractivity contribution >= 4 is 29.1 Å². The minimum atomic E-state index is -0.243. The van der Waals surface area contributed by atoms with Gasteiger partial charge in [0.2, 0.25) is 5.91 Å². The van der Waals surface area contributed by atoms with E-state index in [9.17, 15) is 9.59 Å². The highest BCUT2D eigenvalue weighted by Crippen LogP contribution is 2.22. The van der Waals surface area contributed by atoms with Gasteiger partial charge in [-0.2, -0.15) is 0 Å². The van der Waals surface area contributed by atoms with Gasteiger partial charge in [-0.25, -0.2) is 0 Å². The zero-order valence-corrected chi connectivity index (χ0v) is 15.1. The molecular formula is C20H21ClN2O3. The lowest BCUT2D eigenvalue weighted by Gasteiger charge is -2.33. The van der Waals surface area contributed by atoms with E-state index in [0.717, 1.165) is 11.3 Å². The first kappa shape index (κ1) is 18.4. The van der Waals surface area contributed by atoms with E-state index in [4.69, 9.17) is 16.3 Å². The molecule has 0 spiro atoms. The highest BCUT2D eigenvalue weighted by atomic mass is 35.5. The van der Waals surface area contributed by atoms with Gasteiger partial charge in [0.25, 0.3) is 5.91 Å². The smallest absolute Gasteiger partial charge is 0.253 e. The lowest BCUT2D eigenvalue weighted by atomic mass is 10.1. The molecule has 1 aliphatic rings. The van der Waals surface area contributed by atoms with Crippen LogP contribution in [0.2, 0.25) is 5.02 Å². The maximum atomic E-state index is 12.1. The molecule has 0 aliphatic carbocycles. The van der Waals surface area contributed by atoms with Crippen LogP contribution in [0.1, 0.15) is 12.0 Å². The average molecular weight is 373 g/mol. The van der Waals surface area contributed by atoms with Gasteiger partial charge in [0, 0.05) is 23.7 Å². The third-order valence-electron chi connectivity index (χ3n) is 4.26. The number of morpholine rings is 1. The Morgan fingerprint density at radius 2 is 2.00 bits per heavy atom. The van der Waals surface area contributed by atoms with E-state index < -0.39 is 0 Å². The molecule has 1 unspecified atom stereocenters. The molecule has 0 bridgehead atoms. The van der Waals surface area contributed by atoms with Gasteiger partial charge in [0.15, 0.2) is 0 Å². The molecule has 1 aliphatic heterocycles. The van der Waals surface area contributed by atoms with Crippen molar-refractivity contribution in [2.24, 2.45) is 0 Å². The summed E-state index contributed by atoms with van der Waals surface area (Å²) in [6.45, 7) is 0.757. The molecule has 3 rings (SSSR count). The van der Waals surface area contributed by atoms with Crippen molar-refractivity contribution < 1.29 is 14.3 Å². The number of hydrogen-bond acceptors (Lipinski definition) is 3. The van der Waals surface area contributed by atoms with Gasteiger partial charge < -0.3 is 15.0 Å². The topological polar surface area (TPSA) is 58.6 Å². The Bertz CT molecular complexity index is 767. The lowest BCUT2D eigenvalue weighted by molar-refractivity contribution is -0.129. The Hall–Kier alpha value is -2.37. The summed E-state index contributed by atoms with van der Waals surface area (Å²) in [7, 11) is 0. The molecule has 136 valence electrons. The van der Waals surface area contributed by atoms with Crippen molar-refractivity contribution in [1.82, 2.24) is 5.32 Å². The third kappa shape index (κ3) is 5.07. The SMILES string of the molecule is O=C(CCc1ccccc1)NCC1CN(c2cccc(Cl)c2)C(=O)CO1. The van der Waals surface area contributed by atoms with Crippen LogP contribution in [0.15, 0.2) is 54.6 Å². The molecule has 1 N–H and O–H groups in total. The molecule has 0 saturated carbocycles. The van der Waals surface area contributed by atoms with Crippen LogP contribution in [0.25, 0.3) is 0 Å². The van der Waals surface area contributed by atoms with Crippen molar-refractivity contribution in [1.29, 1.82) is 0 Å². The number of anilines is 1. The zero-order valence-electron chi connectivity index (χ0n) is 14.4. The fraction of sp³-hybridized carbons (Fsp3) is 0.300. The van der Waals surface area contributed by atoms with Gasteiger partial charge in [-0.05, 0) is 30.2 Å². The predicted molar refractivity (Wildman–Crippen MR) is 101 cm³/mol. The molecule has 1 atom stereocenters. The Balaban J connectivity index is 1.49. The number of hydrogen-bond donors (Lipinski definition) is 1. The number of aryl methyl sites for hydroxylation is 1. The Kier molecular flexibility index (Phi) is 6.26. The molecule has 2 aromatic rings. The van der Waals surface area contributed by atoms with Gasteiger partial charge in [-0.15, -0.1) is 0 Å². The molecule has 0 radical (unpaired) electrons. The largest absolute Gasteiger partial charge is 0.365 e. The summed E-state index contributed by atoms with van der Waals surface area (Å²) < 4.78 is 5.55. The summed E-state index contributed by atoms with van der Waals surface area (Å²) in [5, 5.41) is 3.47. The van der Waals surface area contributed by atoms with E-state index in [2.05, 4.69) is 5.32 Å². The van der Waals surface area contributed by atoms with Gasteiger partial charge in [-0.3, -0.25) is 9.59 Å². The Morgan fingerprint density at radius 3 is 2.77 bits per heavy atom. The second-order valence-corrected chi connectivity index (χ2v) is 6.64. The van der Waals surface area contributed by atoms with Crippen LogP contribution in [-0.4, -0.2) is 37.6 Å². The zero-order chi connectivity index (χ0) is 18.4. The van der Waals surface area contributed by atoms with Crippen LogP contribution >= 0.6 is 11.6 Å². The summed E-state index contributed by atoms with van der Waals surface area (Å²) in [6, 6.07) is 17.1. The summed E-state index contributed by atoms with van der Waals surface area (Å²) >= 11 is 6.01.